The van der Waals surface area contributed by atoms with Gasteiger partial charge in [-0.2, -0.15) is 0 Å². The van der Waals surface area contributed by atoms with Crippen LogP contribution in [0.2, 0.25) is 0 Å². The van der Waals surface area contributed by atoms with Crippen LogP contribution in [-0.2, 0) is 9.05 Å². The van der Waals surface area contributed by atoms with Crippen molar-refractivity contribution in [3.63, 3.8) is 0 Å². The number of hydrogen-bond donors (Lipinski definition) is 1. The second kappa shape index (κ2) is 3.44. The topological polar surface area (TPSA) is 18.5 Å². The van der Waals surface area contributed by atoms with Crippen molar-refractivity contribution >= 4 is 29.8 Å². The lowest BCUT2D eigenvalue weighted by molar-refractivity contribution is 0.288. The van der Waals surface area contributed by atoms with Gasteiger partial charge in [-0.15, -0.1) is 0 Å². The Morgan fingerprint density at radius 2 is 2.56 bits per heavy atom. The Kier molecular flexibility index (Phi) is 3.12. The van der Waals surface area contributed by atoms with E-state index < -0.39 is 6.12 Å². The minimum absolute atomic E-state index is 0.804. The van der Waals surface area contributed by atoms with E-state index >= 15 is 0 Å². The highest BCUT2D eigenvalue weighted by molar-refractivity contribution is 8.87. The van der Waals surface area contributed by atoms with Gasteiger partial charge < -0.3 is 9.05 Å². The summed E-state index contributed by atoms with van der Waals surface area (Å²) in [6.07, 6.45) is -0.612. The van der Waals surface area contributed by atoms with Crippen LogP contribution in [0.3, 0.4) is 0 Å². The zero-order valence-electron chi connectivity index (χ0n) is 5.24. The predicted octanol–water partition coefficient (Wildman–Crippen LogP) is 2.39. The first kappa shape index (κ1) is 8.15. The zero-order valence-corrected chi connectivity index (χ0v) is 7.85. The van der Waals surface area contributed by atoms with Crippen molar-refractivity contribution in [2.45, 2.75) is 6.42 Å². The summed E-state index contributed by atoms with van der Waals surface area (Å²) in [7, 11) is 1.65. The second-order valence-electron chi connectivity index (χ2n) is 1.67. The molecule has 5 heteroatoms. The summed E-state index contributed by atoms with van der Waals surface area (Å²) in [5, 5.41) is 0. The number of rotatable bonds is 1. The van der Waals surface area contributed by atoms with Gasteiger partial charge in [0.05, 0.1) is 6.61 Å². The average Bonchev–Trinajstić information content (AvgIpc) is 1.90. The van der Waals surface area contributed by atoms with Crippen molar-refractivity contribution in [3.8, 4) is 0 Å². The van der Waals surface area contributed by atoms with E-state index in [1.165, 1.54) is 0 Å². The average molecular weight is 185 g/mol. The summed E-state index contributed by atoms with van der Waals surface area (Å²) in [6, 6.07) is 0. The maximum atomic E-state index is 5.33. The first-order valence-corrected chi connectivity index (χ1v) is 7.10. The highest BCUT2D eigenvalue weighted by Gasteiger charge is 2.27. The van der Waals surface area contributed by atoms with Gasteiger partial charge in [0.2, 0.25) is 6.12 Å². The van der Waals surface area contributed by atoms with Crippen LogP contribution in [0.4, 0.5) is 0 Å². The van der Waals surface area contributed by atoms with Gasteiger partial charge in [-0.25, -0.2) is 0 Å². The smallest absolute Gasteiger partial charge is 0.213 e. The molecule has 1 heterocycles. The molecule has 2 nitrogen and oxygen atoms in total. The van der Waals surface area contributed by atoms with E-state index in [0.717, 1.165) is 18.8 Å². The molecular weight excluding hydrogens is 175 g/mol. The van der Waals surface area contributed by atoms with Gasteiger partial charge in [-0.1, -0.05) is 23.6 Å². The molecule has 1 unspecified atom stereocenters. The van der Waals surface area contributed by atoms with Crippen molar-refractivity contribution in [2.75, 3.05) is 19.5 Å². The SMILES string of the molecule is CO[P]1(S)OCCCS1. The third-order valence-electron chi connectivity index (χ3n) is 1.03. The van der Waals surface area contributed by atoms with E-state index in [1.54, 1.807) is 18.5 Å². The molecule has 1 atom stereocenters. The Morgan fingerprint density at radius 3 is 2.89 bits per heavy atom. The highest BCUT2D eigenvalue weighted by atomic mass is 33.1. The Labute approximate surface area is 65.1 Å². The number of hydrogen-bond acceptors (Lipinski definition) is 4. The van der Waals surface area contributed by atoms with E-state index in [9.17, 15) is 0 Å². The molecule has 1 radical (unpaired) electrons. The van der Waals surface area contributed by atoms with E-state index in [2.05, 4.69) is 12.2 Å². The fourth-order valence-electron chi connectivity index (χ4n) is 0.561. The van der Waals surface area contributed by atoms with Gasteiger partial charge in [-0.05, 0) is 6.42 Å². The molecule has 0 aliphatic carbocycles. The van der Waals surface area contributed by atoms with E-state index in [1.807, 2.05) is 0 Å². The first-order chi connectivity index (χ1) is 4.27. The molecule has 1 aliphatic rings. The lowest BCUT2D eigenvalue weighted by Gasteiger charge is -2.30. The molecule has 9 heavy (non-hydrogen) atoms. The summed E-state index contributed by atoms with van der Waals surface area (Å²) >= 11 is 5.98. The van der Waals surface area contributed by atoms with Crippen LogP contribution >= 0.6 is 29.8 Å². The summed E-state index contributed by atoms with van der Waals surface area (Å²) in [5.41, 5.74) is 0. The van der Waals surface area contributed by atoms with Gasteiger partial charge in [-0.3, -0.25) is 0 Å². The minimum atomic E-state index is -1.73. The van der Waals surface area contributed by atoms with Crippen molar-refractivity contribution in [3.05, 3.63) is 0 Å². The molecule has 1 rings (SSSR count). The van der Waals surface area contributed by atoms with Crippen molar-refractivity contribution in [1.29, 1.82) is 0 Å². The predicted molar refractivity (Wildman–Crippen MR) is 45.9 cm³/mol. The molecule has 0 aromatic heterocycles. The van der Waals surface area contributed by atoms with E-state index in [0.29, 0.717) is 0 Å². The molecule has 0 aromatic rings. The van der Waals surface area contributed by atoms with Crippen LogP contribution in [0, 0.1) is 0 Å². The van der Waals surface area contributed by atoms with Gasteiger partial charge in [0.1, 0.15) is 0 Å². The molecule has 0 bridgehead atoms. The fraction of sp³-hybridized carbons (Fsp3) is 1.00. The first-order valence-electron chi connectivity index (χ1n) is 2.73. The molecule has 1 aliphatic heterocycles. The summed E-state index contributed by atoms with van der Waals surface area (Å²) in [4.78, 5) is 0. The molecule has 0 spiro atoms. The van der Waals surface area contributed by atoms with Crippen LogP contribution in [0.1, 0.15) is 6.42 Å². The summed E-state index contributed by atoms with van der Waals surface area (Å²) in [6.45, 7) is 0.804. The van der Waals surface area contributed by atoms with Crippen LogP contribution < -0.4 is 0 Å². The lowest BCUT2D eigenvalue weighted by atomic mass is 10.5. The highest BCUT2D eigenvalue weighted by Crippen LogP contribution is 2.76. The molecule has 55 valence electrons. The standard InChI is InChI=1S/C4H10O2PS2/c1-5-7(8)6-3-2-4-9-7/h8H,2-4H2,1H3. The molecule has 0 aromatic carbocycles. The molecule has 1 saturated heterocycles. The Bertz CT molecular complexity index is 94.6. The molecular formula is C4H10O2PS2. The molecule has 0 saturated carbocycles. The monoisotopic (exact) mass is 185 g/mol. The fourth-order valence-corrected chi connectivity index (χ4v) is 4.51. The third-order valence-corrected chi connectivity index (χ3v) is 6.96. The second-order valence-corrected chi connectivity index (χ2v) is 8.51. The Hall–Kier alpha value is 1.05. The van der Waals surface area contributed by atoms with Crippen molar-refractivity contribution in [2.24, 2.45) is 0 Å². The lowest BCUT2D eigenvalue weighted by Crippen LogP contribution is -2.02. The summed E-state index contributed by atoms with van der Waals surface area (Å²) < 4.78 is 10.4. The minimum Gasteiger partial charge on any atom is -0.328 e. The maximum Gasteiger partial charge on any atom is 0.213 e. The largest absolute Gasteiger partial charge is 0.328 e. The van der Waals surface area contributed by atoms with Gasteiger partial charge >= 0.3 is 0 Å². The van der Waals surface area contributed by atoms with Crippen LogP contribution in [0.5, 0.6) is 0 Å². The molecule has 1 fully saturated rings. The quantitative estimate of drug-likeness (QED) is 0.500. The van der Waals surface area contributed by atoms with Crippen LogP contribution in [-0.4, -0.2) is 19.5 Å². The van der Waals surface area contributed by atoms with Gasteiger partial charge in [0.25, 0.3) is 0 Å². The van der Waals surface area contributed by atoms with E-state index in [4.69, 9.17) is 9.05 Å². The van der Waals surface area contributed by atoms with Crippen molar-refractivity contribution in [1.82, 2.24) is 0 Å². The van der Waals surface area contributed by atoms with Crippen molar-refractivity contribution < 1.29 is 9.05 Å². The number of thiol groups is 1. The van der Waals surface area contributed by atoms with Crippen LogP contribution in [0.25, 0.3) is 0 Å². The third kappa shape index (κ3) is 2.28. The Morgan fingerprint density at radius 1 is 1.78 bits per heavy atom. The van der Waals surface area contributed by atoms with Gasteiger partial charge in [0, 0.05) is 12.9 Å². The van der Waals surface area contributed by atoms with Gasteiger partial charge in [0.15, 0.2) is 0 Å². The van der Waals surface area contributed by atoms with Crippen LogP contribution in [0.15, 0.2) is 0 Å². The molecule has 0 amide bonds. The van der Waals surface area contributed by atoms with E-state index in [-0.39, 0.29) is 0 Å². The maximum absolute atomic E-state index is 5.33. The zero-order chi connectivity index (χ0) is 6.74. The molecule has 0 N–H and O–H groups in total. The summed E-state index contributed by atoms with van der Waals surface area (Å²) in [5.74, 6) is 1.12. The Balaban J connectivity index is 2.37. The normalized spacial score (nSPS) is 36.7.